The Labute approximate surface area is 104 Å². The van der Waals surface area contributed by atoms with E-state index in [2.05, 4.69) is 27.4 Å². The molecule has 96 valence electrons. The second-order valence-electron chi connectivity index (χ2n) is 6.94. The van der Waals surface area contributed by atoms with E-state index in [1.807, 2.05) is 0 Å². The van der Waals surface area contributed by atoms with Crippen LogP contribution in [0, 0.1) is 11.3 Å². The van der Waals surface area contributed by atoms with Gasteiger partial charge in [0.05, 0.1) is 6.10 Å². The Kier molecular flexibility index (Phi) is 2.18. The minimum atomic E-state index is -0.284. The van der Waals surface area contributed by atoms with E-state index in [4.69, 9.17) is 4.74 Å². The van der Waals surface area contributed by atoms with Gasteiger partial charge in [-0.25, -0.2) is 0 Å². The zero-order valence-electron chi connectivity index (χ0n) is 11.3. The Bertz CT molecular complexity index is 377. The van der Waals surface area contributed by atoms with Gasteiger partial charge in [0.25, 0.3) is 0 Å². The molecule has 3 aliphatic rings. The van der Waals surface area contributed by atoms with Gasteiger partial charge >= 0.3 is 0 Å². The van der Waals surface area contributed by atoms with Gasteiger partial charge in [0, 0.05) is 0 Å². The van der Waals surface area contributed by atoms with E-state index in [9.17, 15) is 5.11 Å². The average molecular weight is 236 g/mol. The molecule has 17 heavy (non-hydrogen) atoms. The van der Waals surface area contributed by atoms with E-state index in [0.717, 1.165) is 19.3 Å². The summed E-state index contributed by atoms with van der Waals surface area (Å²) in [4.78, 5) is 0. The lowest BCUT2D eigenvalue weighted by atomic mass is 9.54. The first-order valence-electron chi connectivity index (χ1n) is 6.88. The molecule has 0 aromatic carbocycles. The van der Waals surface area contributed by atoms with Crippen LogP contribution in [0.4, 0.5) is 0 Å². The van der Waals surface area contributed by atoms with E-state index in [1.54, 1.807) is 0 Å². The molecule has 5 atom stereocenters. The maximum absolute atomic E-state index is 10.2. The molecule has 1 aliphatic heterocycles. The summed E-state index contributed by atoms with van der Waals surface area (Å²) in [7, 11) is 0. The van der Waals surface area contributed by atoms with Crippen LogP contribution < -0.4 is 0 Å². The summed E-state index contributed by atoms with van der Waals surface area (Å²) in [6.07, 6.45) is 5.24. The molecule has 0 aromatic rings. The Hall–Kier alpha value is -0.340. The molecular formula is C15H24O2. The molecule has 0 unspecified atom stereocenters. The third-order valence-corrected chi connectivity index (χ3v) is 6.00. The maximum atomic E-state index is 10.2. The van der Waals surface area contributed by atoms with Gasteiger partial charge < -0.3 is 9.84 Å². The second kappa shape index (κ2) is 3.16. The lowest BCUT2D eigenvalue weighted by Crippen LogP contribution is -2.53. The van der Waals surface area contributed by atoms with Crippen LogP contribution in [-0.4, -0.2) is 22.4 Å². The van der Waals surface area contributed by atoms with Crippen LogP contribution in [0.1, 0.15) is 52.9 Å². The van der Waals surface area contributed by atoms with Gasteiger partial charge in [-0.1, -0.05) is 19.1 Å². The maximum Gasteiger partial charge on any atom is 0.121 e. The molecular weight excluding hydrogens is 212 g/mol. The third-order valence-electron chi connectivity index (χ3n) is 6.00. The Morgan fingerprint density at radius 2 is 1.94 bits per heavy atom. The molecule has 2 heteroatoms. The lowest BCUT2D eigenvalue weighted by molar-refractivity contribution is 0.00115. The molecule has 1 N–H and O–H groups in total. The summed E-state index contributed by atoms with van der Waals surface area (Å²) in [5, 5.41) is 10.2. The van der Waals surface area contributed by atoms with Crippen LogP contribution in [-0.2, 0) is 4.74 Å². The van der Waals surface area contributed by atoms with Crippen LogP contribution in [0.5, 0.6) is 0 Å². The second-order valence-corrected chi connectivity index (χ2v) is 6.94. The van der Waals surface area contributed by atoms with E-state index in [1.165, 1.54) is 18.4 Å². The predicted octanol–water partition coefficient (Wildman–Crippen LogP) is 3.05. The molecule has 2 aliphatic carbocycles. The molecule has 3 rings (SSSR count). The zero-order valence-corrected chi connectivity index (χ0v) is 11.3. The fraction of sp³-hybridized carbons (Fsp3) is 0.867. The molecule has 1 spiro atoms. The zero-order chi connectivity index (χ0) is 12.5. The normalized spacial score (nSPS) is 56.9. The van der Waals surface area contributed by atoms with Crippen molar-refractivity contribution in [3.8, 4) is 0 Å². The van der Waals surface area contributed by atoms with E-state index < -0.39 is 0 Å². The van der Waals surface area contributed by atoms with Crippen LogP contribution in [0.2, 0.25) is 0 Å². The van der Waals surface area contributed by atoms with Crippen LogP contribution in [0.25, 0.3) is 0 Å². The fourth-order valence-corrected chi connectivity index (χ4v) is 4.51. The minimum absolute atomic E-state index is 0.0699. The van der Waals surface area contributed by atoms with E-state index in [0.29, 0.717) is 5.92 Å². The summed E-state index contributed by atoms with van der Waals surface area (Å²) in [5.74, 6) is 0.579. The molecule has 1 saturated heterocycles. The molecule has 2 saturated carbocycles. The summed E-state index contributed by atoms with van der Waals surface area (Å²) in [5.41, 5.74) is 1.19. The molecule has 3 fully saturated rings. The van der Waals surface area contributed by atoms with Crippen molar-refractivity contribution >= 4 is 0 Å². The summed E-state index contributed by atoms with van der Waals surface area (Å²) >= 11 is 0. The van der Waals surface area contributed by atoms with E-state index >= 15 is 0 Å². The van der Waals surface area contributed by atoms with Gasteiger partial charge in [-0.2, -0.15) is 0 Å². The van der Waals surface area contributed by atoms with E-state index in [-0.39, 0.29) is 22.7 Å². The standard InChI is InChI=1S/C15H24O2/c1-10(2)11-5-7-13(3)8-6-12(16)14(4)15(13,9-11)17-14/h11-12,16H,1,5-9H2,2-4H3/t11-,12-,13+,14-,15+/m1/s1. The number of ether oxygens (including phenoxy) is 1. The highest BCUT2D eigenvalue weighted by molar-refractivity contribution is 5.29. The number of rotatable bonds is 1. The van der Waals surface area contributed by atoms with Crippen LogP contribution >= 0.6 is 0 Å². The first-order valence-corrected chi connectivity index (χ1v) is 6.88. The SMILES string of the molecule is C=C(C)[C@@H]1CC[C@@]2(C)CC[C@@H](O)[C@@]3(C)O[C@@]23C1. The number of epoxide rings is 1. The van der Waals surface area contributed by atoms with Crippen LogP contribution in [0.3, 0.4) is 0 Å². The highest BCUT2D eigenvalue weighted by Gasteiger charge is 2.79. The molecule has 0 radical (unpaired) electrons. The first kappa shape index (κ1) is 11.7. The Balaban J connectivity index is 1.94. The third kappa shape index (κ3) is 1.23. The quantitative estimate of drug-likeness (QED) is 0.560. The van der Waals surface area contributed by atoms with Crippen molar-refractivity contribution in [3.63, 3.8) is 0 Å². The van der Waals surface area contributed by atoms with Crippen molar-refractivity contribution in [1.29, 1.82) is 0 Å². The largest absolute Gasteiger partial charge is 0.390 e. The monoisotopic (exact) mass is 236 g/mol. The van der Waals surface area contributed by atoms with Gasteiger partial charge in [0.1, 0.15) is 11.2 Å². The van der Waals surface area contributed by atoms with Gasteiger partial charge in [-0.15, -0.1) is 0 Å². The number of hydrogen-bond donors (Lipinski definition) is 1. The van der Waals surface area contributed by atoms with Crippen molar-refractivity contribution in [2.75, 3.05) is 0 Å². The Morgan fingerprint density at radius 1 is 1.29 bits per heavy atom. The molecule has 0 aromatic heterocycles. The predicted molar refractivity (Wildman–Crippen MR) is 67.7 cm³/mol. The van der Waals surface area contributed by atoms with Crippen molar-refractivity contribution in [3.05, 3.63) is 12.2 Å². The van der Waals surface area contributed by atoms with Crippen LogP contribution in [0.15, 0.2) is 12.2 Å². The van der Waals surface area contributed by atoms with Gasteiger partial charge in [-0.3, -0.25) is 0 Å². The summed E-state index contributed by atoms with van der Waals surface area (Å²) in [6.45, 7) is 10.7. The molecule has 2 nitrogen and oxygen atoms in total. The van der Waals surface area contributed by atoms with Crippen molar-refractivity contribution in [2.24, 2.45) is 11.3 Å². The number of allylic oxidation sites excluding steroid dienone is 1. The topological polar surface area (TPSA) is 32.8 Å². The highest BCUT2D eigenvalue weighted by atomic mass is 16.6. The first-order chi connectivity index (χ1) is 7.85. The van der Waals surface area contributed by atoms with Crippen molar-refractivity contribution in [2.45, 2.75) is 70.2 Å². The van der Waals surface area contributed by atoms with Crippen molar-refractivity contribution < 1.29 is 9.84 Å². The molecule has 0 bridgehead atoms. The number of aliphatic hydroxyl groups excluding tert-OH is 1. The fourth-order valence-electron chi connectivity index (χ4n) is 4.51. The molecule has 0 amide bonds. The van der Waals surface area contributed by atoms with Crippen molar-refractivity contribution in [1.82, 2.24) is 0 Å². The smallest absolute Gasteiger partial charge is 0.121 e. The highest BCUT2D eigenvalue weighted by Crippen LogP contribution is 2.71. The Morgan fingerprint density at radius 3 is 2.59 bits per heavy atom. The van der Waals surface area contributed by atoms with Gasteiger partial charge in [0.15, 0.2) is 0 Å². The number of hydrogen-bond acceptors (Lipinski definition) is 2. The minimum Gasteiger partial charge on any atom is -0.390 e. The number of aliphatic hydroxyl groups is 1. The summed E-state index contributed by atoms with van der Waals surface area (Å²) in [6, 6.07) is 0. The average Bonchev–Trinajstić information content (AvgIpc) is 2.88. The summed E-state index contributed by atoms with van der Waals surface area (Å²) < 4.78 is 6.16. The lowest BCUT2D eigenvalue weighted by Gasteiger charge is -2.48. The van der Waals surface area contributed by atoms with Gasteiger partial charge in [0.2, 0.25) is 0 Å². The van der Waals surface area contributed by atoms with Gasteiger partial charge in [-0.05, 0) is 57.3 Å². The molecule has 1 heterocycles.